The molecule has 0 bridgehead atoms. The molecule has 0 saturated heterocycles. The lowest BCUT2D eigenvalue weighted by Gasteiger charge is -2.18. The van der Waals surface area contributed by atoms with E-state index in [-0.39, 0.29) is 24.8 Å². The van der Waals surface area contributed by atoms with E-state index in [1.807, 2.05) is 42.5 Å². The van der Waals surface area contributed by atoms with Crippen molar-refractivity contribution in [1.82, 2.24) is 10.2 Å². The number of hydrogen-bond donors (Lipinski definition) is 2. The van der Waals surface area contributed by atoms with Crippen molar-refractivity contribution in [3.05, 3.63) is 77.6 Å². The Morgan fingerprint density at radius 2 is 1.79 bits per heavy atom. The molecule has 28 heavy (non-hydrogen) atoms. The lowest BCUT2D eigenvalue weighted by molar-refractivity contribution is -0.116. The first-order chi connectivity index (χ1) is 13.4. The van der Waals surface area contributed by atoms with Crippen molar-refractivity contribution < 1.29 is 14.0 Å². The highest BCUT2D eigenvalue weighted by Crippen LogP contribution is 2.22. The van der Waals surface area contributed by atoms with Crippen molar-refractivity contribution in [2.45, 2.75) is 13.5 Å². The van der Waals surface area contributed by atoms with Crippen LogP contribution in [0.1, 0.15) is 11.1 Å². The standard InChI is InChI=1S/C22H22FN3O2/c1-15-10-11-16(12-19(15)23)13-24-22(28)26(2)14-21(27)25-20-9-5-7-17-6-3-4-8-18(17)20/h3-12H,13-14H2,1-2H3,(H,24,28)(H,25,27). The minimum atomic E-state index is -0.408. The first-order valence-corrected chi connectivity index (χ1v) is 8.95. The molecule has 3 aromatic rings. The highest BCUT2D eigenvalue weighted by molar-refractivity contribution is 6.03. The van der Waals surface area contributed by atoms with Crippen molar-refractivity contribution >= 4 is 28.4 Å². The van der Waals surface area contributed by atoms with Crippen LogP contribution in [0.5, 0.6) is 0 Å². The number of nitrogens with one attached hydrogen (secondary N) is 2. The zero-order valence-electron chi connectivity index (χ0n) is 15.8. The molecule has 0 heterocycles. The molecule has 3 aromatic carbocycles. The maximum Gasteiger partial charge on any atom is 0.317 e. The molecule has 0 fully saturated rings. The number of anilines is 1. The van der Waals surface area contributed by atoms with Gasteiger partial charge in [-0.25, -0.2) is 9.18 Å². The summed E-state index contributed by atoms with van der Waals surface area (Å²) in [6.45, 7) is 1.77. The van der Waals surface area contributed by atoms with E-state index >= 15 is 0 Å². The van der Waals surface area contributed by atoms with Crippen molar-refractivity contribution in [2.75, 3.05) is 18.9 Å². The summed E-state index contributed by atoms with van der Waals surface area (Å²) >= 11 is 0. The third-order valence-electron chi connectivity index (χ3n) is 4.47. The maximum absolute atomic E-state index is 13.6. The predicted molar refractivity (Wildman–Crippen MR) is 109 cm³/mol. The van der Waals surface area contributed by atoms with Gasteiger partial charge < -0.3 is 15.5 Å². The number of aryl methyl sites for hydroxylation is 1. The molecule has 0 aromatic heterocycles. The minimum absolute atomic E-state index is 0.0999. The van der Waals surface area contributed by atoms with E-state index in [4.69, 9.17) is 0 Å². The Morgan fingerprint density at radius 1 is 1.04 bits per heavy atom. The fraction of sp³-hybridized carbons (Fsp3) is 0.182. The van der Waals surface area contributed by atoms with E-state index in [0.717, 1.165) is 10.8 Å². The van der Waals surface area contributed by atoms with Crippen LogP contribution in [0.2, 0.25) is 0 Å². The number of benzene rings is 3. The summed E-state index contributed by atoms with van der Waals surface area (Å²) in [5, 5.41) is 7.49. The quantitative estimate of drug-likeness (QED) is 0.702. The number of halogens is 1. The lowest BCUT2D eigenvalue weighted by Crippen LogP contribution is -2.41. The Bertz CT molecular complexity index is 1010. The van der Waals surface area contributed by atoms with Crippen LogP contribution in [0.15, 0.2) is 60.7 Å². The molecule has 0 aliphatic heterocycles. The van der Waals surface area contributed by atoms with Crippen molar-refractivity contribution in [3.8, 4) is 0 Å². The zero-order chi connectivity index (χ0) is 20.1. The molecular formula is C22H22FN3O2. The molecule has 0 spiro atoms. The zero-order valence-corrected chi connectivity index (χ0v) is 15.8. The van der Waals surface area contributed by atoms with Crippen LogP contribution in [-0.4, -0.2) is 30.4 Å². The SMILES string of the molecule is Cc1ccc(CNC(=O)N(C)CC(=O)Nc2cccc3ccccc23)cc1F. The van der Waals surface area contributed by atoms with Gasteiger partial charge in [0, 0.05) is 24.7 Å². The number of fused-ring (bicyclic) bond motifs is 1. The maximum atomic E-state index is 13.6. The Labute approximate surface area is 163 Å². The molecular weight excluding hydrogens is 357 g/mol. The fourth-order valence-electron chi connectivity index (χ4n) is 2.87. The van der Waals surface area contributed by atoms with E-state index in [1.54, 1.807) is 19.1 Å². The van der Waals surface area contributed by atoms with E-state index in [1.165, 1.54) is 18.0 Å². The molecule has 6 heteroatoms. The summed E-state index contributed by atoms with van der Waals surface area (Å²) in [4.78, 5) is 25.8. The number of likely N-dealkylation sites (N-methyl/N-ethyl adjacent to an activating group) is 1. The third-order valence-corrected chi connectivity index (χ3v) is 4.47. The number of urea groups is 1. The van der Waals surface area contributed by atoms with E-state index < -0.39 is 6.03 Å². The van der Waals surface area contributed by atoms with Gasteiger partial charge in [-0.05, 0) is 35.6 Å². The molecule has 0 atom stereocenters. The van der Waals surface area contributed by atoms with Gasteiger partial charge in [0.25, 0.3) is 0 Å². The molecule has 0 saturated carbocycles. The molecule has 2 N–H and O–H groups in total. The van der Waals surface area contributed by atoms with Gasteiger partial charge in [0.2, 0.25) is 5.91 Å². The Hall–Kier alpha value is -3.41. The van der Waals surface area contributed by atoms with E-state index in [0.29, 0.717) is 16.8 Å². The van der Waals surface area contributed by atoms with E-state index in [2.05, 4.69) is 10.6 Å². The van der Waals surface area contributed by atoms with Crippen LogP contribution < -0.4 is 10.6 Å². The largest absolute Gasteiger partial charge is 0.334 e. The Kier molecular flexibility index (Phi) is 5.89. The number of carbonyl (C=O) groups excluding carboxylic acids is 2. The first kappa shape index (κ1) is 19.4. The van der Waals surface area contributed by atoms with Gasteiger partial charge in [-0.3, -0.25) is 4.79 Å². The van der Waals surface area contributed by atoms with Gasteiger partial charge >= 0.3 is 6.03 Å². The first-order valence-electron chi connectivity index (χ1n) is 8.95. The Morgan fingerprint density at radius 3 is 2.57 bits per heavy atom. The molecule has 5 nitrogen and oxygen atoms in total. The van der Waals surface area contributed by atoms with E-state index in [9.17, 15) is 14.0 Å². The third kappa shape index (κ3) is 4.65. The second-order valence-corrected chi connectivity index (χ2v) is 6.67. The number of rotatable bonds is 5. The molecule has 3 amide bonds. The average Bonchev–Trinajstić information content (AvgIpc) is 2.68. The molecule has 144 valence electrons. The van der Waals surface area contributed by atoms with Gasteiger partial charge in [0.15, 0.2) is 0 Å². The van der Waals surface area contributed by atoms with Gasteiger partial charge in [-0.1, -0.05) is 48.5 Å². The lowest BCUT2D eigenvalue weighted by atomic mass is 10.1. The average molecular weight is 379 g/mol. The topological polar surface area (TPSA) is 61.4 Å². The van der Waals surface area contributed by atoms with Crippen LogP contribution >= 0.6 is 0 Å². The summed E-state index contributed by atoms with van der Waals surface area (Å²) in [5.41, 5.74) is 1.91. The minimum Gasteiger partial charge on any atom is -0.334 e. The summed E-state index contributed by atoms with van der Waals surface area (Å²) in [5.74, 6) is -0.607. The van der Waals surface area contributed by atoms with Gasteiger partial charge in [0.1, 0.15) is 12.4 Å². The van der Waals surface area contributed by atoms with Crippen LogP contribution in [-0.2, 0) is 11.3 Å². The smallest absolute Gasteiger partial charge is 0.317 e. The highest BCUT2D eigenvalue weighted by Gasteiger charge is 2.14. The van der Waals surface area contributed by atoms with Gasteiger partial charge in [-0.15, -0.1) is 0 Å². The van der Waals surface area contributed by atoms with Gasteiger partial charge in [0.05, 0.1) is 0 Å². The van der Waals surface area contributed by atoms with Crippen LogP contribution in [0.25, 0.3) is 10.8 Å². The monoisotopic (exact) mass is 379 g/mol. The normalized spacial score (nSPS) is 10.5. The second kappa shape index (κ2) is 8.52. The predicted octanol–water partition coefficient (Wildman–Crippen LogP) is 4.07. The van der Waals surface area contributed by atoms with Crippen molar-refractivity contribution in [2.24, 2.45) is 0 Å². The highest BCUT2D eigenvalue weighted by atomic mass is 19.1. The molecule has 0 aliphatic rings. The molecule has 0 unspecified atom stereocenters. The summed E-state index contributed by atoms with van der Waals surface area (Å²) in [7, 11) is 1.54. The number of amides is 3. The van der Waals surface area contributed by atoms with Crippen LogP contribution in [0.4, 0.5) is 14.9 Å². The second-order valence-electron chi connectivity index (χ2n) is 6.67. The summed E-state index contributed by atoms with van der Waals surface area (Å²) in [6.07, 6.45) is 0. The van der Waals surface area contributed by atoms with Crippen LogP contribution in [0.3, 0.4) is 0 Å². The van der Waals surface area contributed by atoms with Crippen molar-refractivity contribution in [3.63, 3.8) is 0 Å². The summed E-state index contributed by atoms with van der Waals surface area (Å²) < 4.78 is 13.6. The molecule has 0 aliphatic carbocycles. The molecule has 0 radical (unpaired) electrons. The summed E-state index contributed by atoms with van der Waals surface area (Å²) in [6, 6.07) is 17.8. The molecule has 3 rings (SSSR count). The van der Waals surface area contributed by atoms with Gasteiger partial charge in [-0.2, -0.15) is 0 Å². The fourth-order valence-corrected chi connectivity index (χ4v) is 2.87. The number of hydrogen-bond acceptors (Lipinski definition) is 2. The number of carbonyl (C=O) groups is 2. The Balaban J connectivity index is 1.55. The van der Waals surface area contributed by atoms with Crippen molar-refractivity contribution in [1.29, 1.82) is 0 Å². The number of nitrogens with zero attached hydrogens (tertiary/aromatic N) is 1. The van der Waals surface area contributed by atoms with Crippen LogP contribution in [0, 0.1) is 12.7 Å².